The van der Waals surface area contributed by atoms with Gasteiger partial charge in [-0.15, -0.1) is 0 Å². The summed E-state index contributed by atoms with van der Waals surface area (Å²) in [7, 11) is 0. The van der Waals surface area contributed by atoms with Gasteiger partial charge in [-0.2, -0.15) is 0 Å². The number of hydrogen-bond donors (Lipinski definition) is 2. The highest BCUT2D eigenvalue weighted by molar-refractivity contribution is 5.94. The molecule has 17 heavy (non-hydrogen) atoms. The quantitative estimate of drug-likeness (QED) is 0.835. The van der Waals surface area contributed by atoms with Crippen LogP contribution >= 0.6 is 0 Å². The van der Waals surface area contributed by atoms with Crippen molar-refractivity contribution in [1.82, 2.24) is 5.32 Å². The third-order valence-corrected chi connectivity index (χ3v) is 3.56. The molecule has 0 bridgehead atoms. The van der Waals surface area contributed by atoms with E-state index in [-0.39, 0.29) is 11.9 Å². The Balaban J connectivity index is 1.87. The SMILES string of the molecule is Cc1ccc(C(=O)NCC2CCCC2N)cc1. The molecule has 2 unspecified atom stereocenters. The van der Waals surface area contributed by atoms with Crippen molar-refractivity contribution in [2.45, 2.75) is 32.2 Å². The predicted molar refractivity (Wildman–Crippen MR) is 68.8 cm³/mol. The van der Waals surface area contributed by atoms with Crippen LogP contribution in [0.1, 0.15) is 35.2 Å². The van der Waals surface area contributed by atoms with E-state index in [1.807, 2.05) is 31.2 Å². The molecule has 0 saturated heterocycles. The maximum atomic E-state index is 11.9. The number of aryl methyl sites for hydroxylation is 1. The molecule has 1 aromatic rings. The maximum absolute atomic E-state index is 11.9. The minimum Gasteiger partial charge on any atom is -0.352 e. The van der Waals surface area contributed by atoms with E-state index in [1.54, 1.807) is 0 Å². The minimum atomic E-state index is 0.00380. The molecular formula is C14H20N2O. The molecule has 0 radical (unpaired) electrons. The number of carbonyl (C=O) groups is 1. The number of amides is 1. The minimum absolute atomic E-state index is 0.00380. The van der Waals surface area contributed by atoms with Crippen LogP contribution in [-0.2, 0) is 0 Å². The highest BCUT2D eigenvalue weighted by Gasteiger charge is 2.24. The topological polar surface area (TPSA) is 55.1 Å². The van der Waals surface area contributed by atoms with Gasteiger partial charge in [-0.05, 0) is 37.8 Å². The second kappa shape index (κ2) is 5.32. The van der Waals surface area contributed by atoms with Crippen molar-refractivity contribution in [3.63, 3.8) is 0 Å². The second-order valence-corrected chi connectivity index (χ2v) is 4.93. The summed E-state index contributed by atoms with van der Waals surface area (Å²) in [6.45, 7) is 2.72. The van der Waals surface area contributed by atoms with Crippen LogP contribution in [0.2, 0.25) is 0 Å². The highest BCUT2D eigenvalue weighted by atomic mass is 16.1. The van der Waals surface area contributed by atoms with Crippen molar-refractivity contribution in [3.8, 4) is 0 Å². The summed E-state index contributed by atoms with van der Waals surface area (Å²) < 4.78 is 0. The van der Waals surface area contributed by atoms with Gasteiger partial charge in [-0.1, -0.05) is 24.1 Å². The molecule has 2 atom stereocenters. The Morgan fingerprint density at radius 3 is 2.65 bits per heavy atom. The third kappa shape index (κ3) is 3.07. The summed E-state index contributed by atoms with van der Waals surface area (Å²) in [5.41, 5.74) is 7.86. The van der Waals surface area contributed by atoms with Crippen LogP contribution < -0.4 is 11.1 Å². The van der Waals surface area contributed by atoms with Gasteiger partial charge >= 0.3 is 0 Å². The first-order valence-electron chi connectivity index (χ1n) is 6.27. The van der Waals surface area contributed by atoms with E-state index in [0.717, 1.165) is 18.4 Å². The first-order valence-corrected chi connectivity index (χ1v) is 6.27. The zero-order valence-electron chi connectivity index (χ0n) is 10.3. The molecule has 2 rings (SSSR count). The van der Waals surface area contributed by atoms with Gasteiger partial charge in [-0.25, -0.2) is 0 Å². The summed E-state index contributed by atoms with van der Waals surface area (Å²) in [6.07, 6.45) is 3.41. The van der Waals surface area contributed by atoms with Crippen molar-refractivity contribution in [2.75, 3.05) is 6.54 Å². The molecule has 92 valence electrons. The molecule has 3 nitrogen and oxygen atoms in total. The smallest absolute Gasteiger partial charge is 0.251 e. The molecule has 0 aromatic heterocycles. The van der Waals surface area contributed by atoms with E-state index in [9.17, 15) is 4.79 Å². The Morgan fingerprint density at radius 2 is 2.06 bits per heavy atom. The van der Waals surface area contributed by atoms with Gasteiger partial charge in [-0.3, -0.25) is 4.79 Å². The molecular weight excluding hydrogens is 212 g/mol. The number of nitrogens with two attached hydrogens (primary N) is 1. The van der Waals surface area contributed by atoms with Crippen molar-refractivity contribution in [2.24, 2.45) is 11.7 Å². The lowest BCUT2D eigenvalue weighted by molar-refractivity contribution is 0.0946. The lowest BCUT2D eigenvalue weighted by Crippen LogP contribution is -2.35. The van der Waals surface area contributed by atoms with Crippen molar-refractivity contribution >= 4 is 5.91 Å². The number of carbonyl (C=O) groups excluding carboxylic acids is 1. The van der Waals surface area contributed by atoms with Crippen LogP contribution in [0.15, 0.2) is 24.3 Å². The number of nitrogens with one attached hydrogen (secondary N) is 1. The third-order valence-electron chi connectivity index (χ3n) is 3.56. The van der Waals surface area contributed by atoms with E-state index in [1.165, 1.54) is 12.0 Å². The Kier molecular flexibility index (Phi) is 3.79. The molecule has 1 aromatic carbocycles. The molecule has 1 fully saturated rings. The largest absolute Gasteiger partial charge is 0.352 e. The maximum Gasteiger partial charge on any atom is 0.251 e. The monoisotopic (exact) mass is 232 g/mol. The second-order valence-electron chi connectivity index (χ2n) is 4.93. The zero-order valence-corrected chi connectivity index (χ0v) is 10.3. The molecule has 1 aliphatic rings. The molecule has 0 aliphatic heterocycles. The van der Waals surface area contributed by atoms with E-state index in [2.05, 4.69) is 5.32 Å². The lowest BCUT2D eigenvalue weighted by atomic mass is 10.0. The molecule has 3 heteroatoms. The fourth-order valence-corrected chi connectivity index (χ4v) is 2.35. The van der Waals surface area contributed by atoms with Crippen LogP contribution in [-0.4, -0.2) is 18.5 Å². The Bertz CT molecular complexity index is 386. The van der Waals surface area contributed by atoms with Crippen LogP contribution in [0.5, 0.6) is 0 Å². The Morgan fingerprint density at radius 1 is 1.35 bits per heavy atom. The van der Waals surface area contributed by atoms with Gasteiger partial charge in [0.15, 0.2) is 0 Å². The van der Waals surface area contributed by atoms with E-state index < -0.39 is 0 Å². The first kappa shape index (κ1) is 12.1. The van der Waals surface area contributed by atoms with Gasteiger partial charge in [0.1, 0.15) is 0 Å². The summed E-state index contributed by atoms with van der Waals surface area (Å²) in [5.74, 6) is 0.452. The number of benzene rings is 1. The van der Waals surface area contributed by atoms with Gasteiger partial charge in [0.25, 0.3) is 5.91 Å². The van der Waals surface area contributed by atoms with Crippen LogP contribution in [0.4, 0.5) is 0 Å². The van der Waals surface area contributed by atoms with Gasteiger partial charge in [0.05, 0.1) is 0 Å². The molecule has 1 saturated carbocycles. The van der Waals surface area contributed by atoms with Crippen LogP contribution in [0, 0.1) is 12.8 Å². The molecule has 0 heterocycles. The average molecular weight is 232 g/mol. The van der Waals surface area contributed by atoms with Crippen LogP contribution in [0.25, 0.3) is 0 Å². The van der Waals surface area contributed by atoms with Gasteiger partial charge in [0.2, 0.25) is 0 Å². The van der Waals surface area contributed by atoms with E-state index >= 15 is 0 Å². The summed E-state index contributed by atoms with van der Waals surface area (Å²) >= 11 is 0. The van der Waals surface area contributed by atoms with Crippen molar-refractivity contribution < 1.29 is 4.79 Å². The predicted octanol–water partition coefficient (Wildman–Crippen LogP) is 1.85. The normalized spacial score (nSPS) is 23.6. The van der Waals surface area contributed by atoms with Crippen molar-refractivity contribution in [3.05, 3.63) is 35.4 Å². The van der Waals surface area contributed by atoms with Gasteiger partial charge in [0, 0.05) is 18.2 Å². The number of rotatable bonds is 3. The first-order chi connectivity index (χ1) is 8.16. The average Bonchev–Trinajstić information content (AvgIpc) is 2.73. The molecule has 0 spiro atoms. The molecule has 1 aliphatic carbocycles. The fraction of sp³-hybridized carbons (Fsp3) is 0.500. The highest BCUT2D eigenvalue weighted by Crippen LogP contribution is 2.23. The lowest BCUT2D eigenvalue weighted by Gasteiger charge is -2.15. The Labute approximate surface area is 102 Å². The molecule has 3 N–H and O–H groups in total. The summed E-state index contributed by atoms with van der Waals surface area (Å²) in [5, 5.41) is 2.97. The number of hydrogen-bond acceptors (Lipinski definition) is 2. The Hall–Kier alpha value is -1.35. The summed E-state index contributed by atoms with van der Waals surface area (Å²) in [6, 6.07) is 7.89. The van der Waals surface area contributed by atoms with Crippen molar-refractivity contribution in [1.29, 1.82) is 0 Å². The summed E-state index contributed by atoms with van der Waals surface area (Å²) in [4.78, 5) is 11.9. The van der Waals surface area contributed by atoms with Gasteiger partial charge < -0.3 is 11.1 Å². The van der Waals surface area contributed by atoms with E-state index in [4.69, 9.17) is 5.73 Å². The fourth-order valence-electron chi connectivity index (χ4n) is 2.35. The standard InChI is InChI=1S/C14H20N2O/c1-10-5-7-11(8-6-10)14(17)16-9-12-3-2-4-13(12)15/h5-8,12-13H,2-4,9,15H2,1H3,(H,16,17). The van der Waals surface area contributed by atoms with E-state index in [0.29, 0.717) is 12.5 Å². The molecule has 1 amide bonds. The van der Waals surface area contributed by atoms with Crippen LogP contribution in [0.3, 0.4) is 0 Å². The zero-order chi connectivity index (χ0) is 12.3.